The van der Waals surface area contributed by atoms with Crippen molar-refractivity contribution in [2.45, 2.75) is 16.6 Å². The molecule has 0 heterocycles. The minimum atomic E-state index is -3.42. The molecule has 2 rings (SSSR count). The summed E-state index contributed by atoms with van der Waals surface area (Å²) in [5.74, 6) is 0. The highest BCUT2D eigenvalue weighted by molar-refractivity contribution is 7.92. The van der Waals surface area contributed by atoms with Crippen molar-refractivity contribution in [1.29, 1.82) is 0 Å². The summed E-state index contributed by atoms with van der Waals surface area (Å²) in [6.45, 7) is 0.0832. The van der Waals surface area contributed by atoms with E-state index in [0.717, 1.165) is 5.56 Å². The molecule has 0 radical (unpaired) electrons. The summed E-state index contributed by atoms with van der Waals surface area (Å²) in [6.07, 6.45) is 0.380. The van der Waals surface area contributed by atoms with Crippen LogP contribution in [0, 0.1) is 0 Å². The molecule has 2 aromatic rings. The molecule has 0 amide bonds. The molecule has 20 heavy (non-hydrogen) atoms. The van der Waals surface area contributed by atoms with E-state index in [4.69, 9.17) is 17.3 Å². The number of hydrogen-bond acceptors (Lipinski definition) is 3. The number of benzene rings is 2. The summed E-state index contributed by atoms with van der Waals surface area (Å²) < 4.78 is 25.1. The molecule has 3 nitrogen and oxygen atoms in total. The van der Waals surface area contributed by atoms with Gasteiger partial charge in [-0.3, -0.25) is 0 Å². The van der Waals surface area contributed by atoms with Gasteiger partial charge in [0.05, 0.1) is 10.1 Å². The minimum absolute atomic E-state index is 0.0832. The third kappa shape index (κ3) is 3.39. The lowest BCUT2D eigenvalue weighted by Gasteiger charge is -2.16. The zero-order valence-corrected chi connectivity index (χ0v) is 12.4. The van der Waals surface area contributed by atoms with Crippen LogP contribution in [-0.4, -0.2) is 20.2 Å². The maximum atomic E-state index is 12.5. The first-order valence-corrected chi connectivity index (χ1v) is 8.20. The Kier molecular flexibility index (Phi) is 4.81. The quantitative estimate of drug-likeness (QED) is 0.923. The second kappa shape index (κ2) is 6.39. The first kappa shape index (κ1) is 15.0. The van der Waals surface area contributed by atoms with Crippen molar-refractivity contribution in [2.24, 2.45) is 5.73 Å². The standard InChI is InChI=1S/C15H16ClNO2S/c16-13-8-6-12(7-9-13)10-15(11-17)20(18,19)14-4-2-1-3-5-14/h1-9,15H,10-11,17H2. The normalized spacial score (nSPS) is 13.1. The first-order valence-electron chi connectivity index (χ1n) is 6.27. The van der Waals surface area contributed by atoms with Crippen LogP contribution < -0.4 is 5.73 Å². The molecular weight excluding hydrogens is 294 g/mol. The topological polar surface area (TPSA) is 60.2 Å². The second-order valence-electron chi connectivity index (χ2n) is 4.55. The Morgan fingerprint density at radius 1 is 1.00 bits per heavy atom. The summed E-state index contributed by atoms with van der Waals surface area (Å²) in [4.78, 5) is 0.310. The van der Waals surface area contributed by atoms with Gasteiger partial charge in [0.15, 0.2) is 9.84 Å². The number of sulfone groups is 1. The van der Waals surface area contributed by atoms with Crippen LogP contribution >= 0.6 is 11.6 Å². The summed E-state index contributed by atoms with van der Waals surface area (Å²) in [6, 6.07) is 15.6. The SMILES string of the molecule is NCC(Cc1ccc(Cl)cc1)S(=O)(=O)c1ccccc1. The fourth-order valence-corrected chi connectivity index (χ4v) is 3.72. The van der Waals surface area contributed by atoms with Crippen LogP contribution in [0.4, 0.5) is 0 Å². The van der Waals surface area contributed by atoms with Crippen molar-refractivity contribution in [3.05, 3.63) is 65.2 Å². The second-order valence-corrected chi connectivity index (χ2v) is 7.21. The van der Waals surface area contributed by atoms with E-state index in [9.17, 15) is 8.42 Å². The number of hydrogen-bond donors (Lipinski definition) is 1. The van der Waals surface area contributed by atoms with Crippen molar-refractivity contribution in [2.75, 3.05) is 6.54 Å². The van der Waals surface area contributed by atoms with Crippen LogP contribution in [0.25, 0.3) is 0 Å². The first-order chi connectivity index (χ1) is 9.54. The number of nitrogens with two attached hydrogens (primary N) is 1. The van der Waals surface area contributed by atoms with E-state index in [1.165, 1.54) is 0 Å². The Hall–Kier alpha value is -1.36. The zero-order chi connectivity index (χ0) is 14.6. The monoisotopic (exact) mass is 309 g/mol. The third-order valence-corrected chi connectivity index (χ3v) is 5.57. The van der Waals surface area contributed by atoms with E-state index < -0.39 is 15.1 Å². The van der Waals surface area contributed by atoms with E-state index in [2.05, 4.69) is 0 Å². The van der Waals surface area contributed by atoms with Gasteiger partial charge in [0, 0.05) is 11.6 Å². The van der Waals surface area contributed by atoms with Gasteiger partial charge in [-0.25, -0.2) is 8.42 Å². The van der Waals surface area contributed by atoms with Gasteiger partial charge in [-0.15, -0.1) is 0 Å². The van der Waals surface area contributed by atoms with Gasteiger partial charge in [0.1, 0.15) is 0 Å². The maximum Gasteiger partial charge on any atom is 0.182 e. The molecule has 0 aliphatic rings. The molecule has 0 aliphatic carbocycles. The van der Waals surface area contributed by atoms with Crippen molar-refractivity contribution >= 4 is 21.4 Å². The predicted molar refractivity (Wildman–Crippen MR) is 81.6 cm³/mol. The van der Waals surface area contributed by atoms with E-state index in [-0.39, 0.29) is 6.54 Å². The van der Waals surface area contributed by atoms with Gasteiger partial charge in [0.25, 0.3) is 0 Å². The Labute approximate surface area is 124 Å². The Morgan fingerprint density at radius 3 is 2.15 bits per heavy atom. The molecule has 106 valence electrons. The van der Waals surface area contributed by atoms with Gasteiger partial charge in [-0.2, -0.15) is 0 Å². The summed E-state index contributed by atoms with van der Waals surface area (Å²) >= 11 is 5.82. The van der Waals surface area contributed by atoms with E-state index in [0.29, 0.717) is 16.3 Å². The predicted octanol–water partition coefficient (Wildman–Crippen LogP) is 2.68. The van der Waals surface area contributed by atoms with Crippen molar-refractivity contribution in [3.63, 3.8) is 0 Å². The lowest BCUT2D eigenvalue weighted by atomic mass is 10.1. The molecule has 0 saturated heterocycles. The summed E-state index contributed by atoms with van der Waals surface area (Å²) in [5.41, 5.74) is 6.58. The van der Waals surface area contributed by atoms with Crippen LogP contribution in [0.3, 0.4) is 0 Å². The van der Waals surface area contributed by atoms with Gasteiger partial charge < -0.3 is 5.73 Å². The zero-order valence-electron chi connectivity index (χ0n) is 10.9. The molecule has 0 aromatic heterocycles. The molecule has 2 N–H and O–H groups in total. The molecule has 0 bridgehead atoms. The molecule has 1 unspecified atom stereocenters. The molecule has 5 heteroatoms. The smallest absolute Gasteiger partial charge is 0.182 e. The van der Waals surface area contributed by atoms with Crippen LogP contribution in [0.5, 0.6) is 0 Å². The van der Waals surface area contributed by atoms with E-state index in [1.807, 2.05) is 12.1 Å². The largest absolute Gasteiger partial charge is 0.329 e. The highest BCUT2D eigenvalue weighted by Gasteiger charge is 2.26. The summed E-state index contributed by atoms with van der Waals surface area (Å²) in [5, 5.41) is -0.00459. The summed E-state index contributed by atoms with van der Waals surface area (Å²) in [7, 11) is -3.42. The fourth-order valence-electron chi connectivity index (χ4n) is 2.01. The maximum absolute atomic E-state index is 12.5. The highest BCUT2D eigenvalue weighted by atomic mass is 35.5. The average molecular weight is 310 g/mol. The minimum Gasteiger partial charge on any atom is -0.329 e. The van der Waals surface area contributed by atoms with Crippen molar-refractivity contribution < 1.29 is 8.42 Å². The van der Waals surface area contributed by atoms with Gasteiger partial charge in [-0.1, -0.05) is 41.9 Å². The van der Waals surface area contributed by atoms with Crippen LogP contribution in [0.1, 0.15) is 5.56 Å². The lowest BCUT2D eigenvalue weighted by molar-refractivity contribution is 0.578. The lowest BCUT2D eigenvalue weighted by Crippen LogP contribution is -2.31. The fraction of sp³-hybridized carbons (Fsp3) is 0.200. The Balaban J connectivity index is 2.26. The number of halogens is 1. The molecule has 2 aromatic carbocycles. The van der Waals surface area contributed by atoms with Crippen LogP contribution in [0.15, 0.2) is 59.5 Å². The van der Waals surface area contributed by atoms with Gasteiger partial charge >= 0.3 is 0 Å². The molecular formula is C15H16ClNO2S. The number of rotatable bonds is 5. The third-order valence-electron chi connectivity index (χ3n) is 3.15. The van der Waals surface area contributed by atoms with Gasteiger partial charge in [-0.05, 0) is 36.2 Å². The molecule has 1 atom stereocenters. The van der Waals surface area contributed by atoms with Crippen molar-refractivity contribution in [3.8, 4) is 0 Å². The highest BCUT2D eigenvalue weighted by Crippen LogP contribution is 2.19. The van der Waals surface area contributed by atoms with Crippen molar-refractivity contribution in [1.82, 2.24) is 0 Å². The Morgan fingerprint density at radius 2 is 1.60 bits per heavy atom. The van der Waals surface area contributed by atoms with Crippen LogP contribution in [0.2, 0.25) is 5.02 Å². The molecule has 0 fully saturated rings. The average Bonchev–Trinajstić information content (AvgIpc) is 2.47. The molecule has 0 spiro atoms. The van der Waals surface area contributed by atoms with E-state index >= 15 is 0 Å². The van der Waals surface area contributed by atoms with Gasteiger partial charge in [0.2, 0.25) is 0 Å². The molecule has 0 aliphatic heterocycles. The molecule has 0 saturated carbocycles. The Bertz CT molecular complexity index is 654. The van der Waals surface area contributed by atoms with Crippen LogP contribution in [-0.2, 0) is 16.3 Å². The van der Waals surface area contributed by atoms with E-state index in [1.54, 1.807) is 42.5 Å².